The van der Waals surface area contributed by atoms with Gasteiger partial charge in [0.1, 0.15) is 0 Å². The Morgan fingerprint density at radius 2 is 1.69 bits per heavy atom. The summed E-state index contributed by atoms with van der Waals surface area (Å²) in [7, 11) is -3.23. The first kappa shape index (κ1) is 18.6. The van der Waals surface area contributed by atoms with Crippen LogP contribution < -0.4 is 4.90 Å². The molecular weight excluding hydrogens is 346 g/mol. The number of hydrogen-bond donors (Lipinski definition) is 0. The molecule has 138 valence electrons. The molecule has 0 radical (unpaired) electrons. The molecule has 0 aromatic heterocycles. The predicted octanol–water partition coefficient (Wildman–Crippen LogP) is 3.88. The lowest BCUT2D eigenvalue weighted by molar-refractivity contribution is -0.118. The van der Waals surface area contributed by atoms with E-state index in [2.05, 4.69) is 6.92 Å². The van der Waals surface area contributed by atoms with Crippen LogP contribution in [0.25, 0.3) is 0 Å². The molecule has 0 N–H and O–H groups in total. The van der Waals surface area contributed by atoms with Gasteiger partial charge in [0, 0.05) is 18.7 Å². The standard InChI is InChI=1S/C21H25NO3S/c1-2-3-13-22-20-11-9-18(14-19(20)10-12-21(22)23)16-26(24,25)15-17-7-5-4-6-8-17/h4-9,11,14H,2-3,10,12-13,15-16H2,1H3. The minimum absolute atomic E-state index is 0.0259. The first-order valence-electron chi connectivity index (χ1n) is 9.15. The van der Waals surface area contributed by atoms with Gasteiger partial charge in [-0.15, -0.1) is 0 Å². The van der Waals surface area contributed by atoms with Crippen LogP contribution in [0.2, 0.25) is 0 Å². The number of sulfone groups is 1. The predicted molar refractivity (Wildman–Crippen MR) is 105 cm³/mol. The molecule has 2 aromatic rings. The Balaban J connectivity index is 1.77. The van der Waals surface area contributed by atoms with Crippen molar-refractivity contribution >= 4 is 21.4 Å². The highest BCUT2D eigenvalue weighted by atomic mass is 32.2. The van der Waals surface area contributed by atoms with Gasteiger partial charge in [-0.25, -0.2) is 8.42 Å². The summed E-state index contributed by atoms with van der Waals surface area (Å²) in [6.45, 7) is 2.84. The third-order valence-electron chi connectivity index (χ3n) is 4.70. The molecule has 0 bridgehead atoms. The second-order valence-electron chi connectivity index (χ2n) is 6.88. The fraction of sp³-hybridized carbons (Fsp3) is 0.381. The quantitative estimate of drug-likeness (QED) is 0.742. The number of nitrogens with zero attached hydrogens (tertiary/aromatic N) is 1. The zero-order chi connectivity index (χ0) is 18.6. The molecule has 2 aromatic carbocycles. The van der Waals surface area contributed by atoms with Crippen LogP contribution in [0.5, 0.6) is 0 Å². The number of aryl methyl sites for hydroxylation is 1. The number of rotatable bonds is 7. The van der Waals surface area contributed by atoms with E-state index >= 15 is 0 Å². The summed E-state index contributed by atoms with van der Waals surface area (Å²) in [5.41, 5.74) is 3.62. The van der Waals surface area contributed by atoms with Crippen LogP contribution in [0.4, 0.5) is 5.69 Å². The number of anilines is 1. The van der Waals surface area contributed by atoms with E-state index in [0.29, 0.717) is 12.8 Å². The highest BCUT2D eigenvalue weighted by Gasteiger charge is 2.24. The second-order valence-corrected chi connectivity index (χ2v) is 8.94. The maximum atomic E-state index is 12.5. The Morgan fingerprint density at radius 1 is 0.962 bits per heavy atom. The van der Waals surface area contributed by atoms with Gasteiger partial charge in [-0.3, -0.25) is 4.79 Å². The Bertz CT molecular complexity index is 875. The molecule has 0 aliphatic carbocycles. The SMILES string of the molecule is CCCCN1C(=O)CCc2cc(CS(=O)(=O)Cc3ccccc3)ccc21. The van der Waals surface area contributed by atoms with Gasteiger partial charge in [-0.05, 0) is 35.6 Å². The maximum Gasteiger partial charge on any atom is 0.227 e. The molecule has 1 amide bonds. The third kappa shape index (κ3) is 4.52. The van der Waals surface area contributed by atoms with Crippen LogP contribution in [0, 0.1) is 0 Å². The van der Waals surface area contributed by atoms with E-state index in [4.69, 9.17) is 0 Å². The molecule has 0 fully saturated rings. The van der Waals surface area contributed by atoms with E-state index in [0.717, 1.165) is 41.8 Å². The molecule has 1 aliphatic rings. The molecule has 3 rings (SSSR count). The number of unbranched alkanes of at least 4 members (excludes halogenated alkanes) is 1. The van der Waals surface area contributed by atoms with Crippen molar-refractivity contribution in [3.8, 4) is 0 Å². The normalized spacial score (nSPS) is 14.3. The third-order valence-corrected chi connectivity index (χ3v) is 6.24. The molecule has 0 atom stereocenters. The lowest BCUT2D eigenvalue weighted by Crippen LogP contribution is -2.35. The van der Waals surface area contributed by atoms with E-state index in [1.165, 1.54) is 0 Å². The van der Waals surface area contributed by atoms with Crippen LogP contribution in [0.3, 0.4) is 0 Å². The second kappa shape index (κ2) is 8.04. The summed E-state index contributed by atoms with van der Waals surface area (Å²) in [4.78, 5) is 14.1. The zero-order valence-electron chi connectivity index (χ0n) is 15.1. The molecule has 0 spiro atoms. The lowest BCUT2D eigenvalue weighted by atomic mass is 9.99. The summed E-state index contributed by atoms with van der Waals surface area (Å²) in [5, 5.41) is 0. The first-order chi connectivity index (χ1) is 12.5. The zero-order valence-corrected chi connectivity index (χ0v) is 16.0. The maximum absolute atomic E-state index is 12.5. The number of hydrogen-bond acceptors (Lipinski definition) is 3. The Labute approximate surface area is 155 Å². The minimum Gasteiger partial charge on any atom is -0.312 e. The van der Waals surface area contributed by atoms with Crippen molar-refractivity contribution in [2.45, 2.75) is 44.1 Å². The summed E-state index contributed by atoms with van der Waals surface area (Å²) in [6, 6.07) is 15.0. The molecule has 5 heteroatoms. The van der Waals surface area contributed by atoms with Gasteiger partial charge in [0.05, 0.1) is 11.5 Å². The molecule has 26 heavy (non-hydrogen) atoms. The van der Waals surface area contributed by atoms with Gasteiger partial charge in [0.25, 0.3) is 0 Å². The average Bonchev–Trinajstić information content (AvgIpc) is 2.61. The van der Waals surface area contributed by atoms with Crippen LogP contribution >= 0.6 is 0 Å². The molecule has 1 heterocycles. The molecular formula is C21H25NO3S. The largest absolute Gasteiger partial charge is 0.312 e. The molecule has 0 saturated carbocycles. The highest BCUT2D eigenvalue weighted by molar-refractivity contribution is 7.89. The fourth-order valence-corrected chi connectivity index (χ4v) is 4.89. The fourth-order valence-electron chi connectivity index (χ4n) is 3.40. The van der Waals surface area contributed by atoms with E-state index in [-0.39, 0.29) is 17.4 Å². The van der Waals surface area contributed by atoms with E-state index in [1.807, 2.05) is 53.4 Å². The smallest absolute Gasteiger partial charge is 0.227 e. The summed E-state index contributed by atoms with van der Waals surface area (Å²) in [6.07, 6.45) is 3.19. The molecule has 4 nitrogen and oxygen atoms in total. The minimum atomic E-state index is -3.23. The topological polar surface area (TPSA) is 54.5 Å². The molecule has 0 saturated heterocycles. The number of fused-ring (bicyclic) bond motifs is 1. The van der Waals surface area contributed by atoms with Crippen LogP contribution in [-0.4, -0.2) is 20.9 Å². The number of benzene rings is 2. The monoisotopic (exact) mass is 371 g/mol. The molecule has 1 aliphatic heterocycles. The van der Waals surface area contributed by atoms with Crippen molar-refractivity contribution in [2.75, 3.05) is 11.4 Å². The van der Waals surface area contributed by atoms with Gasteiger partial charge in [0.15, 0.2) is 9.84 Å². The number of amides is 1. The van der Waals surface area contributed by atoms with Gasteiger partial charge in [-0.1, -0.05) is 55.8 Å². The number of carbonyl (C=O) groups excluding carboxylic acids is 1. The van der Waals surface area contributed by atoms with E-state index in [1.54, 1.807) is 0 Å². The van der Waals surface area contributed by atoms with E-state index in [9.17, 15) is 13.2 Å². The first-order valence-corrected chi connectivity index (χ1v) is 11.0. The van der Waals surface area contributed by atoms with Gasteiger partial charge in [-0.2, -0.15) is 0 Å². The van der Waals surface area contributed by atoms with Gasteiger partial charge >= 0.3 is 0 Å². The van der Waals surface area contributed by atoms with Crippen LogP contribution in [0.1, 0.15) is 42.9 Å². The van der Waals surface area contributed by atoms with Crippen molar-refractivity contribution in [1.82, 2.24) is 0 Å². The van der Waals surface area contributed by atoms with Crippen molar-refractivity contribution < 1.29 is 13.2 Å². The van der Waals surface area contributed by atoms with Crippen molar-refractivity contribution in [3.63, 3.8) is 0 Å². The van der Waals surface area contributed by atoms with Crippen LogP contribution in [-0.2, 0) is 32.6 Å². The Kier molecular flexibility index (Phi) is 5.77. The molecule has 0 unspecified atom stereocenters. The average molecular weight is 372 g/mol. The van der Waals surface area contributed by atoms with Gasteiger partial charge in [0.2, 0.25) is 5.91 Å². The highest BCUT2D eigenvalue weighted by Crippen LogP contribution is 2.30. The van der Waals surface area contributed by atoms with Crippen molar-refractivity contribution in [1.29, 1.82) is 0 Å². The number of carbonyl (C=O) groups is 1. The summed E-state index contributed by atoms with van der Waals surface area (Å²) < 4.78 is 25.1. The Morgan fingerprint density at radius 3 is 2.42 bits per heavy atom. The van der Waals surface area contributed by atoms with Crippen molar-refractivity contribution in [3.05, 3.63) is 65.2 Å². The summed E-state index contributed by atoms with van der Waals surface area (Å²) in [5.74, 6) is 0.236. The van der Waals surface area contributed by atoms with Crippen LogP contribution in [0.15, 0.2) is 48.5 Å². The summed E-state index contributed by atoms with van der Waals surface area (Å²) >= 11 is 0. The van der Waals surface area contributed by atoms with E-state index < -0.39 is 9.84 Å². The Hall–Kier alpha value is -2.14. The lowest BCUT2D eigenvalue weighted by Gasteiger charge is -2.29. The van der Waals surface area contributed by atoms with Gasteiger partial charge < -0.3 is 4.90 Å². The van der Waals surface area contributed by atoms with Crippen molar-refractivity contribution in [2.24, 2.45) is 0 Å².